The summed E-state index contributed by atoms with van der Waals surface area (Å²) in [6.07, 6.45) is 1.15. The Labute approximate surface area is 99.9 Å². The van der Waals surface area contributed by atoms with E-state index >= 15 is 0 Å². The van der Waals surface area contributed by atoms with Crippen LogP contribution in [0.15, 0.2) is 18.2 Å². The van der Waals surface area contributed by atoms with Crippen LogP contribution in [-0.2, 0) is 11.2 Å². The number of ether oxygens (including phenoxy) is 2. The Bertz CT molecular complexity index is 407. The fraction of sp³-hybridized carbons (Fsp3) is 0.417. The van der Waals surface area contributed by atoms with E-state index < -0.39 is 0 Å². The zero-order valence-corrected chi connectivity index (χ0v) is 9.57. The van der Waals surface area contributed by atoms with Crippen LogP contribution in [0.4, 0.5) is 0 Å². The molecule has 2 rings (SSSR count). The third kappa shape index (κ3) is 3.10. The lowest BCUT2D eigenvalue weighted by atomic mass is 10.1. The van der Waals surface area contributed by atoms with Gasteiger partial charge < -0.3 is 20.5 Å². The largest absolute Gasteiger partial charge is 0.454 e. The van der Waals surface area contributed by atoms with Gasteiger partial charge in [0, 0.05) is 6.54 Å². The SMILES string of the molecule is NCCCNC(=O)Cc1ccc2c(c1)OCO2. The number of amides is 1. The molecule has 1 aromatic rings. The normalized spacial score (nSPS) is 12.5. The Morgan fingerprint density at radius 2 is 2.18 bits per heavy atom. The van der Waals surface area contributed by atoms with Gasteiger partial charge in [-0.25, -0.2) is 0 Å². The Hall–Kier alpha value is -1.75. The molecule has 0 fully saturated rings. The number of rotatable bonds is 5. The van der Waals surface area contributed by atoms with Gasteiger partial charge >= 0.3 is 0 Å². The highest BCUT2D eigenvalue weighted by Crippen LogP contribution is 2.32. The van der Waals surface area contributed by atoms with Gasteiger partial charge in [0.15, 0.2) is 11.5 Å². The van der Waals surface area contributed by atoms with Gasteiger partial charge in [-0.3, -0.25) is 4.79 Å². The molecule has 1 amide bonds. The summed E-state index contributed by atoms with van der Waals surface area (Å²) < 4.78 is 10.4. The Kier molecular flexibility index (Phi) is 3.82. The maximum atomic E-state index is 11.6. The quantitative estimate of drug-likeness (QED) is 0.727. The van der Waals surface area contributed by atoms with Crippen molar-refractivity contribution in [3.05, 3.63) is 23.8 Å². The van der Waals surface area contributed by atoms with E-state index in [1.54, 1.807) is 0 Å². The molecule has 0 atom stereocenters. The summed E-state index contributed by atoms with van der Waals surface area (Å²) in [5, 5.41) is 2.81. The molecule has 5 nitrogen and oxygen atoms in total. The number of hydrogen-bond donors (Lipinski definition) is 2. The average molecular weight is 236 g/mol. The van der Waals surface area contributed by atoms with E-state index in [0.717, 1.165) is 17.7 Å². The second kappa shape index (κ2) is 5.54. The highest BCUT2D eigenvalue weighted by atomic mass is 16.7. The predicted molar refractivity (Wildman–Crippen MR) is 63.0 cm³/mol. The Morgan fingerprint density at radius 3 is 3.00 bits per heavy atom. The molecule has 0 aromatic heterocycles. The van der Waals surface area contributed by atoms with Gasteiger partial charge in [-0.15, -0.1) is 0 Å². The van der Waals surface area contributed by atoms with Crippen molar-refractivity contribution in [1.82, 2.24) is 5.32 Å². The number of benzene rings is 1. The first-order valence-electron chi connectivity index (χ1n) is 5.65. The van der Waals surface area contributed by atoms with Crippen molar-refractivity contribution < 1.29 is 14.3 Å². The molecule has 1 aromatic carbocycles. The summed E-state index contributed by atoms with van der Waals surface area (Å²) in [4.78, 5) is 11.6. The smallest absolute Gasteiger partial charge is 0.231 e. The van der Waals surface area contributed by atoms with Crippen molar-refractivity contribution in [2.45, 2.75) is 12.8 Å². The fourth-order valence-electron chi connectivity index (χ4n) is 1.63. The molecule has 1 aliphatic rings. The first-order valence-corrected chi connectivity index (χ1v) is 5.65. The van der Waals surface area contributed by atoms with E-state index in [0.29, 0.717) is 25.3 Å². The van der Waals surface area contributed by atoms with E-state index in [4.69, 9.17) is 15.2 Å². The summed E-state index contributed by atoms with van der Waals surface area (Å²) in [6.45, 7) is 1.46. The molecular weight excluding hydrogens is 220 g/mol. The lowest BCUT2D eigenvalue weighted by molar-refractivity contribution is -0.120. The lowest BCUT2D eigenvalue weighted by Gasteiger charge is -2.05. The molecule has 3 N–H and O–H groups in total. The molecule has 0 bridgehead atoms. The molecule has 0 unspecified atom stereocenters. The first kappa shape index (κ1) is 11.7. The highest BCUT2D eigenvalue weighted by Gasteiger charge is 2.14. The van der Waals surface area contributed by atoms with Gasteiger partial charge in [-0.05, 0) is 30.7 Å². The number of fused-ring (bicyclic) bond motifs is 1. The Morgan fingerprint density at radius 1 is 1.35 bits per heavy atom. The average Bonchev–Trinajstić information content (AvgIpc) is 2.76. The number of carbonyl (C=O) groups excluding carboxylic acids is 1. The molecule has 0 aliphatic carbocycles. The van der Waals surface area contributed by atoms with Crippen LogP contribution in [-0.4, -0.2) is 25.8 Å². The maximum absolute atomic E-state index is 11.6. The second-order valence-electron chi connectivity index (χ2n) is 3.86. The minimum Gasteiger partial charge on any atom is -0.454 e. The van der Waals surface area contributed by atoms with Crippen molar-refractivity contribution in [3.8, 4) is 11.5 Å². The number of nitrogens with one attached hydrogen (secondary N) is 1. The number of carbonyl (C=O) groups is 1. The topological polar surface area (TPSA) is 73.6 Å². The van der Waals surface area contributed by atoms with Gasteiger partial charge in [-0.2, -0.15) is 0 Å². The third-order valence-corrected chi connectivity index (χ3v) is 2.50. The first-order chi connectivity index (χ1) is 8.29. The summed E-state index contributed by atoms with van der Waals surface area (Å²) >= 11 is 0. The van der Waals surface area contributed by atoms with Crippen LogP contribution in [0.5, 0.6) is 11.5 Å². The summed E-state index contributed by atoms with van der Waals surface area (Å²) in [5.41, 5.74) is 6.26. The molecule has 92 valence electrons. The van der Waals surface area contributed by atoms with Gasteiger partial charge in [0.25, 0.3) is 0 Å². The molecule has 0 saturated heterocycles. The number of nitrogens with two attached hydrogens (primary N) is 1. The predicted octanol–water partition coefficient (Wildman–Crippen LogP) is 0.423. The van der Waals surface area contributed by atoms with Gasteiger partial charge in [0.1, 0.15) is 0 Å². The monoisotopic (exact) mass is 236 g/mol. The highest BCUT2D eigenvalue weighted by molar-refractivity contribution is 5.78. The van der Waals surface area contributed by atoms with E-state index in [9.17, 15) is 4.79 Å². The molecule has 1 heterocycles. The van der Waals surface area contributed by atoms with E-state index in [2.05, 4.69) is 5.32 Å². The standard InChI is InChI=1S/C12H16N2O3/c13-4-1-5-14-12(15)7-9-2-3-10-11(6-9)17-8-16-10/h2-3,6H,1,4-5,7-8,13H2,(H,14,15). The van der Waals surface area contributed by atoms with Crippen molar-refractivity contribution in [2.24, 2.45) is 5.73 Å². The zero-order valence-electron chi connectivity index (χ0n) is 9.57. The third-order valence-electron chi connectivity index (χ3n) is 2.50. The van der Waals surface area contributed by atoms with Crippen LogP contribution in [0.2, 0.25) is 0 Å². The molecule has 0 saturated carbocycles. The van der Waals surface area contributed by atoms with Crippen LogP contribution in [0, 0.1) is 0 Å². The number of hydrogen-bond acceptors (Lipinski definition) is 4. The van der Waals surface area contributed by atoms with Crippen LogP contribution in [0.3, 0.4) is 0 Å². The van der Waals surface area contributed by atoms with Crippen molar-refractivity contribution in [1.29, 1.82) is 0 Å². The lowest BCUT2D eigenvalue weighted by Crippen LogP contribution is -2.27. The molecule has 0 spiro atoms. The van der Waals surface area contributed by atoms with Crippen molar-refractivity contribution >= 4 is 5.91 Å². The summed E-state index contributed by atoms with van der Waals surface area (Å²) in [5.74, 6) is 1.44. The maximum Gasteiger partial charge on any atom is 0.231 e. The molecule has 5 heteroatoms. The molecular formula is C12H16N2O3. The fourth-order valence-corrected chi connectivity index (χ4v) is 1.63. The minimum absolute atomic E-state index is 0.00249. The van der Waals surface area contributed by atoms with E-state index in [-0.39, 0.29) is 12.7 Å². The second-order valence-corrected chi connectivity index (χ2v) is 3.86. The van der Waals surface area contributed by atoms with Gasteiger partial charge in [-0.1, -0.05) is 6.07 Å². The van der Waals surface area contributed by atoms with Crippen molar-refractivity contribution in [3.63, 3.8) is 0 Å². The van der Waals surface area contributed by atoms with Gasteiger partial charge in [0.2, 0.25) is 12.7 Å². The summed E-state index contributed by atoms with van der Waals surface area (Å²) in [6, 6.07) is 5.53. The molecule has 1 aliphatic heterocycles. The van der Waals surface area contributed by atoms with Crippen molar-refractivity contribution in [2.75, 3.05) is 19.9 Å². The van der Waals surface area contributed by atoms with Gasteiger partial charge in [0.05, 0.1) is 6.42 Å². The zero-order chi connectivity index (χ0) is 12.1. The molecule has 17 heavy (non-hydrogen) atoms. The summed E-state index contributed by atoms with van der Waals surface area (Å²) in [7, 11) is 0. The Balaban J connectivity index is 1.88. The van der Waals surface area contributed by atoms with Crippen LogP contribution < -0.4 is 20.5 Å². The van der Waals surface area contributed by atoms with Crippen LogP contribution in [0.25, 0.3) is 0 Å². The van der Waals surface area contributed by atoms with E-state index in [1.165, 1.54) is 0 Å². The molecule has 0 radical (unpaired) electrons. The van der Waals surface area contributed by atoms with Crippen LogP contribution >= 0.6 is 0 Å². The van der Waals surface area contributed by atoms with E-state index in [1.807, 2.05) is 18.2 Å². The minimum atomic E-state index is -0.00249. The van der Waals surface area contributed by atoms with Crippen LogP contribution in [0.1, 0.15) is 12.0 Å².